The number of esters is 1. The fourth-order valence-corrected chi connectivity index (χ4v) is 1.24. The topological polar surface area (TPSA) is 38.7 Å². The molecule has 1 aromatic rings. The molecule has 0 atom stereocenters. The number of ether oxygens (including phenoxy) is 1. The average molecular weight is 217 g/mol. The molecule has 0 saturated heterocycles. The van der Waals surface area contributed by atoms with Crippen LogP contribution >= 0.6 is 0 Å². The van der Waals surface area contributed by atoms with Gasteiger partial charge in [0.05, 0.1) is 12.3 Å². The number of hydrogen-bond acceptors (Lipinski definition) is 3. The highest BCUT2D eigenvalue weighted by molar-refractivity contribution is 5.92. The second-order valence-corrected chi connectivity index (χ2v) is 3.03. The summed E-state index contributed by atoms with van der Waals surface area (Å²) in [7, 11) is 0. The van der Waals surface area contributed by atoms with Gasteiger partial charge in [0.1, 0.15) is 0 Å². The third kappa shape index (κ3) is 3.69. The summed E-state index contributed by atoms with van der Waals surface area (Å²) < 4.78 is 4.85. The Labute approximate surface area is 95.5 Å². The van der Waals surface area contributed by atoms with Crippen LogP contribution in [0.15, 0.2) is 41.4 Å². The summed E-state index contributed by atoms with van der Waals surface area (Å²) >= 11 is 0. The molecule has 1 aromatic carbocycles. The van der Waals surface area contributed by atoms with Gasteiger partial charge in [0.15, 0.2) is 0 Å². The molecule has 0 bridgehead atoms. The number of carbonyl (C=O) groups excluding carboxylic acids is 1. The Morgan fingerprint density at radius 1 is 1.38 bits per heavy atom. The van der Waals surface area contributed by atoms with E-state index in [9.17, 15) is 4.79 Å². The molecule has 16 heavy (non-hydrogen) atoms. The van der Waals surface area contributed by atoms with Crippen molar-refractivity contribution in [2.45, 2.75) is 13.8 Å². The van der Waals surface area contributed by atoms with Gasteiger partial charge in [-0.25, -0.2) is 4.79 Å². The highest BCUT2D eigenvalue weighted by atomic mass is 16.5. The second kappa shape index (κ2) is 6.56. The summed E-state index contributed by atoms with van der Waals surface area (Å²) in [6, 6.07) is 9.52. The van der Waals surface area contributed by atoms with E-state index in [0.717, 1.165) is 5.56 Å². The SMILES string of the molecule is CC=N/C(=C\C(=O)OCC)c1ccccc1. The van der Waals surface area contributed by atoms with Crippen molar-refractivity contribution in [2.75, 3.05) is 6.61 Å². The van der Waals surface area contributed by atoms with Gasteiger partial charge in [-0.15, -0.1) is 0 Å². The molecule has 0 saturated carbocycles. The van der Waals surface area contributed by atoms with Crippen molar-refractivity contribution in [1.29, 1.82) is 0 Å². The van der Waals surface area contributed by atoms with E-state index in [1.807, 2.05) is 37.3 Å². The van der Waals surface area contributed by atoms with Gasteiger partial charge in [-0.2, -0.15) is 0 Å². The van der Waals surface area contributed by atoms with Crippen LogP contribution in [-0.2, 0) is 9.53 Å². The van der Waals surface area contributed by atoms with E-state index in [4.69, 9.17) is 4.74 Å². The molecule has 0 aromatic heterocycles. The smallest absolute Gasteiger partial charge is 0.332 e. The van der Waals surface area contributed by atoms with E-state index in [2.05, 4.69) is 4.99 Å². The lowest BCUT2D eigenvalue weighted by Gasteiger charge is -2.01. The van der Waals surface area contributed by atoms with Gasteiger partial charge >= 0.3 is 5.97 Å². The number of aliphatic imine (C=N–C) groups is 1. The van der Waals surface area contributed by atoms with Gasteiger partial charge in [-0.1, -0.05) is 30.3 Å². The van der Waals surface area contributed by atoms with E-state index < -0.39 is 0 Å². The largest absolute Gasteiger partial charge is 0.463 e. The van der Waals surface area contributed by atoms with Crippen LogP contribution < -0.4 is 0 Å². The Morgan fingerprint density at radius 2 is 2.06 bits per heavy atom. The maximum atomic E-state index is 11.3. The Balaban J connectivity index is 2.96. The van der Waals surface area contributed by atoms with Crippen LogP contribution in [0.25, 0.3) is 5.70 Å². The van der Waals surface area contributed by atoms with Crippen LogP contribution in [0.3, 0.4) is 0 Å². The number of nitrogens with zero attached hydrogens (tertiary/aromatic N) is 1. The summed E-state index contributed by atoms with van der Waals surface area (Å²) in [5.41, 5.74) is 1.51. The molecule has 0 aliphatic rings. The summed E-state index contributed by atoms with van der Waals surface area (Å²) in [6.07, 6.45) is 3.05. The van der Waals surface area contributed by atoms with Crippen LogP contribution in [0.2, 0.25) is 0 Å². The second-order valence-electron chi connectivity index (χ2n) is 3.03. The van der Waals surface area contributed by atoms with Crippen molar-refractivity contribution < 1.29 is 9.53 Å². The first-order valence-corrected chi connectivity index (χ1v) is 5.20. The summed E-state index contributed by atoms with van der Waals surface area (Å²) in [5.74, 6) is -0.369. The van der Waals surface area contributed by atoms with Crippen molar-refractivity contribution in [2.24, 2.45) is 4.99 Å². The lowest BCUT2D eigenvalue weighted by Crippen LogP contribution is -2.00. The van der Waals surface area contributed by atoms with Crippen molar-refractivity contribution >= 4 is 17.9 Å². The lowest BCUT2D eigenvalue weighted by atomic mass is 10.1. The molecule has 0 aliphatic carbocycles. The number of rotatable bonds is 4. The standard InChI is InChI=1S/C13H15NO2/c1-3-14-12(10-13(15)16-4-2)11-8-6-5-7-9-11/h3,5-10H,4H2,1-2H3/b12-10-,14-3?. The van der Waals surface area contributed by atoms with Gasteiger partial charge in [-0.05, 0) is 13.8 Å². The molecule has 0 unspecified atom stereocenters. The Kier molecular flexibility index (Phi) is 4.99. The van der Waals surface area contributed by atoms with Crippen molar-refractivity contribution in [3.05, 3.63) is 42.0 Å². The molecular formula is C13H15NO2. The molecule has 0 spiro atoms. The summed E-state index contributed by atoms with van der Waals surface area (Å²) in [5, 5.41) is 0. The molecule has 0 N–H and O–H groups in total. The zero-order chi connectivity index (χ0) is 11.8. The van der Waals surface area contributed by atoms with E-state index >= 15 is 0 Å². The van der Waals surface area contributed by atoms with E-state index in [1.54, 1.807) is 13.1 Å². The zero-order valence-electron chi connectivity index (χ0n) is 9.51. The molecule has 0 amide bonds. The first-order chi connectivity index (χ1) is 7.77. The van der Waals surface area contributed by atoms with E-state index in [1.165, 1.54) is 6.08 Å². The van der Waals surface area contributed by atoms with Crippen LogP contribution in [0.1, 0.15) is 19.4 Å². The quantitative estimate of drug-likeness (QED) is 0.442. The first kappa shape index (κ1) is 12.2. The highest BCUT2D eigenvalue weighted by Crippen LogP contribution is 2.14. The van der Waals surface area contributed by atoms with Gasteiger partial charge < -0.3 is 4.74 Å². The lowest BCUT2D eigenvalue weighted by molar-refractivity contribution is -0.137. The monoisotopic (exact) mass is 217 g/mol. The molecule has 84 valence electrons. The Morgan fingerprint density at radius 3 is 2.62 bits per heavy atom. The van der Waals surface area contributed by atoms with Crippen LogP contribution in [0, 0.1) is 0 Å². The third-order valence-corrected chi connectivity index (χ3v) is 1.88. The van der Waals surface area contributed by atoms with Gasteiger partial charge in [0.2, 0.25) is 0 Å². The van der Waals surface area contributed by atoms with Gasteiger partial charge in [0, 0.05) is 17.9 Å². The fourth-order valence-electron chi connectivity index (χ4n) is 1.24. The molecule has 3 heteroatoms. The maximum absolute atomic E-state index is 11.3. The molecule has 3 nitrogen and oxygen atoms in total. The minimum absolute atomic E-state index is 0.368. The molecule has 0 aliphatic heterocycles. The Hall–Kier alpha value is -1.90. The van der Waals surface area contributed by atoms with Gasteiger partial charge in [-0.3, -0.25) is 4.99 Å². The van der Waals surface area contributed by atoms with E-state index in [0.29, 0.717) is 12.3 Å². The minimum atomic E-state index is -0.369. The van der Waals surface area contributed by atoms with Gasteiger partial charge in [0.25, 0.3) is 0 Å². The van der Waals surface area contributed by atoms with E-state index in [-0.39, 0.29) is 5.97 Å². The Bertz CT molecular complexity index is 394. The van der Waals surface area contributed by atoms with Crippen molar-refractivity contribution in [1.82, 2.24) is 0 Å². The molecular weight excluding hydrogens is 202 g/mol. The molecule has 0 fully saturated rings. The number of hydrogen-bond donors (Lipinski definition) is 0. The zero-order valence-corrected chi connectivity index (χ0v) is 9.51. The predicted molar refractivity (Wildman–Crippen MR) is 65.2 cm³/mol. The summed E-state index contributed by atoms with van der Waals surface area (Å²) in [4.78, 5) is 15.5. The molecule has 0 heterocycles. The minimum Gasteiger partial charge on any atom is -0.463 e. The maximum Gasteiger partial charge on any atom is 0.332 e. The molecule has 0 radical (unpaired) electrons. The normalized spacial score (nSPS) is 11.8. The number of carbonyl (C=O) groups is 1. The molecule has 1 rings (SSSR count). The van der Waals surface area contributed by atoms with Crippen molar-refractivity contribution in [3.8, 4) is 0 Å². The first-order valence-electron chi connectivity index (χ1n) is 5.20. The van der Waals surface area contributed by atoms with Crippen molar-refractivity contribution in [3.63, 3.8) is 0 Å². The number of benzene rings is 1. The fraction of sp³-hybridized carbons (Fsp3) is 0.231. The van der Waals surface area contributed by atoms with Crippen LogP contribution in [0.5, 0.6) is 0 Å². The third-order valence-electron chi connectivity index (χ3n) is 1.88. The van der Waals surface area contributed by atoms with Crippen LogP contribution in [0.4, 0.5) is 0 Å². The predicted octanol–water partition coefficient (Wildman–Crippen LogP) is 2.68. The average Bonchev–Trinajstić information content (AvgIpc) is 2.30. The summed E-state index contributed by atoms with van der Waals surface area (Å²) in [6.45, 7) is 3.95. The van der Waals surface area contributed by atoms with Crippen LogP contribution in [-0.4, -0.2) is 18.8 Å². The highest BCUT2D eigenvalue weighted by Gasteiger charge is 2.02.